The van der Waals surface area contributed by atoms with Gasteiger partial charge < -0.3 is 19.7 Å². The molecule has 6 unspecified atom stereocenters. The Hall–Kier alpha value is -1.14. The molecule has 1 saturated carbocycles. The maximum atomic E-state index is 10.7. The lowest BCUT2D eigenvalue weighted by molar-refractivity contribution is -0.142. The van der Waals surface area contributed by atoms with Crippen LogP contribution in [0.25, 0.3) is 0 Å². The van der Waals surface area contributed by atoms with Crippen LogP contribution in [0.1, 0.15) is 39.5 Å². The van der Waals surface area contributed by atoms with Gasteiger partial charge in [-0.2, -0.15) is 0 Å². The van der Waals surface area contributed by atoms with Gasteiger partial charge in [-0.15, -0.1) is 0 Å². The fraction of sp³-hybridized carbons (Fsp3) is 0.867. The highest BCUT2D eigenvalue weighted by molar-refractivity contribution is 5.72. The summed E-state index contributed by atoms with van der Waals surface area (Å²) in [4.78, 5) is 21.1. The largest absolute Gasteiger partial charge is 0.481 e. The van der Waals surface area contributed by atoms with Gasteiger partial charge in [-0.1, -0.05) is 6.92 Å². The summed E-state index contributed by atoms with van der Waals surface area (Å²) in [7, 11) is 0. The number of carboxylic acid groups (broad SMARTS) is 1. The number of fused-ring (bicyclic) bond motifs is 1. The number of rotatable bonds is 2. The Balaban J connectivity index is 0.000000154. The number of carbonyl (C=O) groups is 2. The van der Waals surface area contributed by atoms with Gasteiger partial charge in [0.25, 0.3) is 0 Å². The van der Waals surface area contributed by atoms with Gasteiger partial charge in [0.15, 0.2) is 0 Å². The lowest BCUT2D eigenvalue weighted by atomic mass is 9.93. The molecule has 2 heterocycles. The fourth-order valence-electron chi connectivity index (χ4n) is 3.40. The number of aliphatic hydroxyl groups excluding tert-OH is 1. The van der Waals surface area contributed by atoms with Gasteiger partial charge in [0, 0.05) is 5.92 Å². The van der Waals surface area contributed by atoms with E-state index in [4.69, 9.17) is 14.6 Å². The van der Waals surface area contributed by atoms with Gasteiger partial charge in [-0.3, -0.25) is 9.59 Å². The van der Waals surface area contributed by atoms with Crippen molar-refractivity contribution in [1.82, 2.24) is 0 Å². The second-order valence-electron chi connectivity index (χ2n) is 6.32. The molecule has 3 aliphatic rings. The molecule has 21 heavy (non-hydrogen) atoms. The molecular formula is C15H24O6. The number of carbonyl (C=O) groups excluding carboxylic acids is 1. The van der Waals surface area contributed by atoms with Crippen LogP contribution in [0.2, 0.25) is 0 Å². The van der Waals surface area contributed by atoms with Gasteiger partial charge in [0.1, 0.15) is 6.10 Å². The first-order valence-electron chi connectivity index (χ1n) is 7.59. The van der Waals surface area contributed by atoms with Crippen LogP contribution >= 0.6 is 0 Å². The zero-order valence-electron chi connectivity index (χ0n) is 12.5. The lowest BCUT2D eigenvalue weighted by Gasteiger charge is -2.15. The Labute approximate surface area is 124 Å². The molecule has 2 aliphatic heterocycles. The van der Waals surface area contributed by atoms with Crippen LogP contribution in [0.3, 0.4) is 0 Å². The third-order valence-corrected chi connectivity index (χ3v) is 4.84. The molecule has 1 aliphatic carbocycles. The molecule has 0 spiro atoms. The van der Waals surface area contributed by atoms with Crippen molar-refractivity contribution in [3.63, 3.8) is 0 Å². The number of aliphatic carboxylic acids is 1. The van der Waals surface area contributed by atoms with Crippen molar-refractivity contribution < 1.29 is 29.3 Å². The highest BCUT2D eigenvalue weighted by Crippen LogP contribution is 2.34. The molecule has 3 rings (SSSR count). The molecule has 0 amide bonds. The summed E-state index contributed by atoms with van der Waals surface area (Å²) in [5, 5.41) is 17.8. The highest BCUT2D eigenvalue weighted by Gasteiger charge is 2.43. The summed E-state index contributed by atoms with van der Waals surface area (Å²) in [6, 6.07) is 0. The van der Waals surface area contributed by atoms with Gasteiger partial charge in [0.05, 0.1) is 31.7 Å². The molecule has 120 valence electrons. The van der Waals surface area contributed by atoms with Crippen LogP contribution in [0.4, 0.5) is 0 Å². The Kier molecular flexibility index (Phi) is 5.22. The Morgan fingerprint density at radius 2 is 2.05 bits per heavy atom. The molecule has 3 fully saturated rings. The van der Waals surface area contributed by atoms with E-state index in [0.717, 1.165) is 12.8 Å². The van der Waals surface area contributed by atoms with E-state index in [9.17, 15) is 14.7 Å². The molecule has 0 aromatic rings. The first kappa shape index (κ1) is 16.2. The number of hydrogen-bond acceptors (Lipinski definition) is 5. The summed E-state index contributed by atoms with van der Waals surface area (Å²) >= 11 is 0. The van der Waals surface area contributed by atoms with E-state index in [0.29, 0.717) is 24.9 Å². The molecule has 2 saturated heterocycles. The minimum absolute atomic E-state index is 0.0208. The van der Waals surface area contributed by atoms with Crippen LogP contribution < -0.4 is 0 Å². The summed E-state index contributed by atoms with van der Waals surface area (Å²) in [6.07, 6.45) is 2.26. The average molecular weight is 300 g/mol. The average Bonchev–Trinajstić information content (AvgIpc) is 3.03. The standard InChI is InChI=1S/C8H14O3.C7H10O3/c1-5-2-3-7(9)6(5)4-8(10)11;1-4-5-2-7(8)10-6(5)3-9-4/h5-7,9H,2-4H2,1H3,(H,10,11);4-6H,2-3H2,1H3. The van der Waals surface area contributed by atoms with Crippen LogP contribution in [-0.4, -0.2) is 47.1 Å². The molecule has 6 heteroatoms. The lowest BCUT2D eigenvalue weighted by Crippen LogP contribution is -2.20. The molecule has 0 aromatic carbocycles. The second kappa shape index (κ2) is 6.75. The molecule has 0 aromatic heterocycles. The van der Waals surface area contributed by atoms with Crippen molar-refractivity contribution in [2.24, 2.45) is 17.8 Å². The van der Waals surface area contributed by atoms with Crippen molar-refractivity contribution in [1.29, 1.82) is 0 Å². The monoisotopic (exact) mass is 300 g/mol. The SMILES string of the molecule is CC1CCC(O)C1CC(=O)O.CC1OCC2OC(=O)CC12. The summed E-state index contributed by atoms with van der Waals surface area (Å²) in [5.41, 5.74) is 0. The van der Waals surface area contributed by atoms with Gasteiger partial charge in [0.2, 0.25) is 0 Å². The van der Waals surface area contributed by atoms with E-state index in [1.165, 1.54) is 0 Å². The van der Waals surface area contributed by atoms with Crippen LogP contribution in [0, 0.1) is 17.8 Å². The van der Waals surface area contributed by atoms with E-state index >= 15 is 0 Å². The smallest absolute Gasteiger partial charge is 0.306 e. The normalized spacial score (nSPS) is 41.2. The number of hydrogen-bond donors (Lipinski definition) is 2. The molecule has 0 radical (unpaired) electrons. The van der Waals surface area contributed by atoms with E-state index in [1.54, 1.807) is 0 Å². The predicted molar refractivity (Wildman–Crippen MR) is 73.5 cm³/mol. The minimum atomic E-state index is -0.803. The maximum Gasteiger partial charge on any atom is 0.306 e. The minimum Gasteiger partial charge on any atom is -0.481 e. The highest BCUT2D eigenvalue weighted by atomic mass is 16.6. The van der Waals surface area contributed by atoms with Crippen LogP contribution in [-0.2, 0) is 19.1 Å². The van der Waals surface area contributed by atoms with Crippen molar-refractivity contribution in [2.75, 3.05) is 6.61 Å². The zero-order valence-corrected chi connectivity index (χ0v) is 12.5. The number of ether oxygens (including phenoxy) is 2. The first-order valence-corrected chi connectivity index (χ1v) is 7.59. The Morgan fingerprint density at radius 1 is 1.33 bits per heavy atom. The van der Waals surface area contributed by atoms with Crippen molar-refractivity contribution in [3.05, 3.63) is 0 Å². The zero-order chi connectivity index (χ0) is 15.6. The topological polar surface area (TPSA) is 93.1 Å². The van der Waals surface area contributed by atoms with Crippen molar-refractivity contribution >= 4 is 11.9 Å². The van der Waals surface area contributed by atoms with Crippen LogP contribution in [0.15, 0.2) is 0 Å². The molecule has 6 atom stereocenters. The van der Waals surface area contributed by atoms with E-state index in [-0.39, 0.29) is 36.6 Å². The number of aliphatic hydroxyl groups is 1. The van der Waals surface area contributed by atoms with Crippen LogP contribution in [0.5, 0.6) is 0 Å². The summed E-state index contributed by atoms with van der Waals surface area (Å²) in [5.74, 6) is -0.200. The van der Waals surface area contributed by atoms with E-state index < -0.39 is 5.97 Å². The second-order valence-corrected chi connectivity index (χ2v) is 6.32. The molecular weight excluding hydrogens is 276 g/mol. The van der Waals surface area contributed by atoms with Crippen molar-refractivity contribution in [3.8, 4) is 0 Å². The maximum absolute atomic E-state index is 10.7. The quantitative estimate of drug-likeness (QED) is 0.744. The first-order chi connectivity index (χ1) is 9.88. The predicted octanol–water partition coefficient (Wildman–Crippen LogP) is 1.20. The Bertz CT molecular complexity index is 386. The molecule has 6 nitrogen and oxygen atoms in total. The fourth-order valence-corrected chi connectivity index (χ4v) is 3.40. The number of carboxylic acids is 1. The summed E-state index contributed by atoms with van der Waals surface area (Å²) in [6.45, 7) is 4.59. The molecule has 2 N–H and O–H groups in total. The van der Waals surface area contributed by atoms with Gasteiger partial charge >= 0.3 is 11.9 Å². The summed E-state index contributed by atoms with van der Waals surface area (Å²) < 4.78 is 10.3. The van der Waals surface area contributed by atoms with E-state index in [2.05, 4.69) is 0 Å². The number of esters is 1. The molecule has 0 bridgehead atoms. The third kappa shape index (κ3) is 3.95. The van der Waals surface area contributed by atoms with Gasteiger partial charge in [-0.05, 0) is 31.6 Å². The third-order valence-electron chi connectivity index (χ3n) is 4.84. The van der Waals surface area contributed by atoms with E-state index in [1.807, 2.05) is 13.8 Å². The van der Waals surface area contributed by atoms with Crippen molar-refractivity contribution in [2.45, 2.75) is 57.8 Å². The van der Waals surface area contributed by atoms with Gasteiger partial charge in [-0.25, -0.2) is 0 Å². The Morgan fingerprint density at radius 3 is 2.57 bits per heavy atom.